The number of hydrogen-bond acceptors (Lipinski definition) is 8. The van der Waals surface area contributed by atoms with Gasteiger partial charge in [-0.05, 0) is 11.1 Å². The van der Waals surface area contributed by atoms with E-state index in [1.165, 1.54) is 30.5 Å². The summed E-state index contributed by atoms with van der Waals surface area (Å²) in [6.45, 7) is 0. The SMILES string of the molecule is O=C(CSc1n[nH]c(=O)[nH]c1=O)NN=Cc1ccc(C(=O)[O-])cc1. The maximum atomic E-state index is 11.6. The van der Waals surface area contributed by atoms with Crippen LogP contribution < -0.4 is 21.8 Å². The Morgan fingerprint density at radius 3 is 2.62 bits per heavy atom. The average molecular weight is 348 g/mol. The predicted octanol–water partition coefficient (Wildman–Crippen LogP) is -1.94. The van der Waals surface area contributed by atoms with Crippen molar-refractivity contribution in [1.82, 2.24) is 20.6 Å². The van der Waals surface area contributed by atoms with Crippen LogP contribution in [0.15, 0.2) is 44.0 Å². The molecule has 0 radical (unpaired) electrons. The first kappa shape index (κ1) is 17.1. The molecule has 2 aromatic rings. The van der Waals surface area contributed by atoms with Crippen LogP contribution in [0.4, 0.5) is 0 Å². The lowest BCUT2D eigenvalue weighted by Gasteiger charge is -2.01. The Morgan fingerprint density at radius 1 is 1.29 bits per heavy atom. The molecule has 124 valence electrons. The van der Waals surface area contributed by atoms with E-state index in [2.05, 4.69) is 20.7 Å². The molecular formula is C13H10N5O5S-. The van der Waals surface area contributed by atoms with Gasteiger partial charge in [-0.1, -0.05) is 36.0 Å². The number of hydrazone groups is 1. The zero-order chi connectivity index (χ0) is 17.5. The quantitative estimate of drug-likeness (QED) is 0.311. The molecule has 0 aliphatic rings. The van der Waals surface area contributed by atoms with E-state index in [0.717, 1.165) is 11.8 Å². The highest BCUT2D eigenvalue weighted by molar-refractivity contribution is 7.99. The molecule has 0 aliphatic carbocycles. The predicted molar refractivity (Wildman–Crippen MR) is 82.7 cm³/mol. The summed E-state index contributed by atoms with van der Waals surface area (Å²) in [4.78, 5) is 46.3. The van der Waals surface area contributed by atoms with Crippen LogP contribution >= 0.6 is 11.8 Å². The van der Waals surface area contributed by atoms with Gasteiger partial charge in [0.25, 0.3) is 5.56 Å². The molecule has 11 heteroatoms. The zero-order valence-electron chi connectivity index (χ0n) is 11.9. The zero-order valence-corrected chi connectivity index (χ0v) is 12.8. The van der Waals surface area contributed by atoms with E-state index in [0.29, 0.717) is 5.56 Å². The molecule has 0 fully saturated rings. The number of nitrogens with zero attached hydrogens (tertiary/aromatic N) is 2. The number of benzene rings is 1. The highest BCUT2D eigenvalue weighted by atomic mass is 32.2. The number of carbonyl (C=O) groups is 2. The second-order valence-corrected chi connectivity index (χ2v) is 5.27. The van der Waals surface area contributed by atoms with Gasteiger partial charge in [0.2, 0.25) is 5.91 Å². The van der Waals surface area contributed by atoms with E-state index in [4.69, 9.17) is 0 Å². The van der Waals surface area contributed by atoms with Gasteiger partial charge in [-0.25, -0.2) is 15.3 Å². The van der Waals surface area contributed by atoms with E-state index in [9.17, 15) is 24.3 Å². The number of carboxylic acid groups (broad SMARTS) is 1. The molecule has 0 bridgehead atoms. The lowest BCUT2D eigenvalue weighted by molar-refractivity contribution is -0.255. The fraction of sp³-hybridized carbons (Fsp3) is 0.0769. The third kappa shape index (κ3) is 4.91. The molecule has 0 aliphatic heterocycles. The number of carboxylic acids is 1. The fourth-order valence-corrected chi connectivity index (χ4v) is 2.11. The standard InChI is InChI=1S/C13H11N5O5S/c19-9(6-24-11-10(20)15-13(23)18-17-11)16-14-5-7-1-3-8(4-2-7)12(21)22/h1-5H,6H2,(H,16,19)(H,21,22)(H2,15,18,20,23)/p-1. The molecule has 0 spiro atoms. The van der Waals surface area contributed by atoms with Crippen LogP contribution in [-0.2, 0) is 4.79 Å². The molecule has 1 amide bonds. The van der Waals surface area contributed by atoms with Crippen LogP contribution in [-0.4, -0.2) is 39.0 Å². The van der Waals surface area contributed by atoms with Gasteiger partial charge < -0.3 is 9.90 Å². The Balaban J connectivity index is 1.85. The monoisotopic (exact) mass is 348 g/mol. The highest BCUT2D eigenvalue weighted by Gasteiger charge is 2.07. The minimum Gasteiger partial charge on any atom is -0.545 e. The average Bonchev–Trinajstić information content (AvgIpc) is 2.54. The van der Waals surface area contributed by atoms with Gasteiger partial charge in [-0.15, -0.1) is 0 Å². The second kappa shape index (κ2) is 7.87. The number of aromatic nitrogens is 3. The third-order valence-corrected chi connectivity index (χ3v) is 3.53. The number of rotatable bonds is 6. The van der Waals surface area contributed by atoms with Crippen molar-refractivity contribution in [3.05, 3.63) is 56.2 Å². The van der Waals surface area contributed by atoms with Crippen molar-refractivity contribution in [3.63, 3.8) is 0 Å². The van der Waals surface area contributed by atoms with Crippen LogP contribution in [0.1, 0.15) is 15.9 Å². The maximum absolute atomic E-state index is 11.6. The first-order valence-corrected chi connectivity index (χ1v) is 7.39. The van der Waals surface area contributed by atoms with Crippen LogP contribution in [0.25, 0.3) is 0 Å². The van der Waals surface area contributed by atoms with E-state index >= 15 is 0 Å². The van der Waals surface area contributed by atoms with Gasteiger partial charge in [0, 0.05) is 0 Å². The lowest BCUT2D eigenvalue weighted by atomic mass is 10.1. The summed E-state index contributed by atoms with van der Waals surface area (Å²) in [5, 5.41) is 19.8. The smallest absolute Gasteiger partial charge is 0.342 e. The van der Waals surface area contributed by atoms with Crippen LogP contribution in [0.3, 0.4) is 0 Å². The van der Waals surface area contributed by atoms with E-state index in [1.54, 1.807) is 0 Å². The summed E-state index contributed by atoms with van der Waals surface area (Å²) >= 11 is 0.832. The first-order valence-electron chi connectivity index (χ1n) is 6.41. The van der Waals surface area contributed by atoms with Gasteiger partial charge in [0.1, 0.15) is 0 Å². The highest BCUT2D eigenvalue weighted by Crippen LogP contribution is 2.07. The molecule has 1 heterocycles. The molecule has 0 atom stereocenters. The molecule has 24 heavy (non-hydrogen) atoms. The molecule has 3 N–H and O–H groups in total. The summed E-state index contributed by atoms with van der Waals surface area (Å²) in [6.07, 6.45) is 1.33. The Morgan fingerprint density at radius 2 is 2.00 bits per heavy atom. The summed E-state index contributed by atoms with van der Waals surface area (Å²) in [5.74, 6) is -1.91. The summed E-state index contributed by atoms with van der Waals surface area (Å²) in [6, 6.07) is 5.70. The maximum Gasteiger partial charge on any atom is 0.342 e. The molecule has 0 saturated heterocycles. The molecule has 10 nitrogen and oxygen atoms in total. The molecule has 0 unspecified atom stereocenters. The van der Waals surface area contributed by atoms with E-state index in [-0.39, 0.29) is 16.3 Å². The number of aromatic amines is 2. The van der Waals surface area contributed by atoms with Crippen LogP contribution in [0.2, 0.25) is 0 Å². The minimum absolute atomic E-state index is 0.0335. The van der Waals surface area contributed by atoms with Crippen molar-refractivity contribution in [2.24, 2.45) is 5.10 Å². The lowest BCUT2D eigenvalue weighted by Crippen LogP contribution is -2.26. The molecule has 0 saturated carbocycles. The van der Waals surface area contributed by atoms with Crippen LogP contribution in [0.5, 0.6) is 0 Å². The Bertz CT molecular complexity index is 887. The van der Waals surface area contributed by atoms with Crippen molar-refractivity contribution in [3.8, 4) is 0 Å². The van der Waals surface area contributed by atoms with Gasteiger partial charge in [-0.3, -0.25) is 14.6 Å². The Kier molecular flexibility index (Phi) is 5.63. The van der Waals surface area contributed by atoms with Crippen LogP contribution in [0, 0.1) is 0 Å². The van der Waals surface area contributed by atoms with Crippen molar-refractivity contribution in [1.29, 1.82) is 0 Å². The van der Waals surface area contributed by atoms with Crippen molar-refractivity contribution in [2.45, 2.75) is 5.03 Å². The Labute approximate surface area is 138 Å². The molecule has 2 rings (SSSR count). The largest absolute Gasteiger partial charge is 0.545 e. The number of aromatic carboxylic acids is 1. The minimum atomic E-state index is -1.28. The van der Waals surface area contributed by atoms with Crippen molar-refractivity contribution < 1.29 is 14.7 Å². The topological polar surface area (TPSA) is 160 Å². The summed E-state index contributed by atoms with van der Waals surface area (Å²) in [5.41, 5.74) is 1.43. The fourth-order valence-electron chi connectivity index (χ4n) is 1.48. The molecular weight excluding hydrogens is 338 g/mol. The number of carbonyl (C=O) groups excluding carboxylic acids is 2. The Hall–Kier alpha value is -3.21. The number of H-pyrrole nitrogens is 2. The van der Waals surface area contributed by atoms with Crippen molar-refractivity contribution in [2.75, 3.05) is 5.75 Å². The van der Waals surface area contributed by atoms with Gasteiger partial charge in [0.05, 0.1) is 17.9 Å². The second-order valence-electron chi connectivity index (χ2n) is 4.30. The number of thioether (sulfide) groups is 1. The summed E-state index contributed by atoms with van der Waals surface area (Å²) < 4.78 is 0. The number of hydrogen-bond donors (Lipinski definition) is 3. The van der Waals surface area contributed by atoms with Gasteiger partial charge in [0.15, 0.2) is 5.03 Å². The van der Waals surface area contributed by atoms with E-state index in [1.807, 2.05) is 4.98 Å². The normalized spacial score (nSPS) is 10.7. The number of amides is 1. The molecule has 1 aromatic carbocycles. The van der Waals surface area contributed by atoms with Crippen molar-refractivity contribution >= 4 is 29.9 Å². The molecule has 1 aromatic heterocycles. The third-order valence-electron chi connectivity index (χ3n) is 2.57. The number of nitrogens with one attached hydrogen (secondary N) is 3. The first-order chi connectivity index (χ1) is 11.5. The van der Waals surface area contributed by atoms with E-state index < -0.39 is 23.1 Å². The van der Waals surface area contributed by atoms with Gasteiger partial charge in [-0.2, -0.15) is 10.2 Å². The summed E-state index contributed by atoms with van der Waals surface area (Å²) in [7, 11) is 0. The van der Waals surface area contributed by atoms with Gasteiger partial charge >= 0.3 is 5.69 Å².